The second kappa shape index (κ2) is 8.32. The maximum atomic E-state index is 12.6. The number of alkyl carbamates (subject to hydrolysis) is 1. The Kier molecular flexibility index (Phi) is 6.16. The van der Waals surface area contributed by atoms with Crippen LogP contribution in [0.25, 0.3) is 0 Å². The van der Waals surface area contributed by atoms with Crippen molar-refractivity contribution >= 4 is 23.9 Å². The molecule has 0 spiro atoms. The molecule has 1 saturated heterocycles. The van der Waals surface area contributed by atoms with Gasteiger partial charge in [-0.2, -0.15) is 5.01 Å². The lowest BCUT2D eigenvalue weighted by Crippen LogP contribution is -2.48. The van der Waals surface area contributed by atoms with Gasteiger partial charge in [-0.1, -0.05) is 30.3 Å². The van der Waals surface area contributed by atoms with E-state index in [4.69, 9.17) is 4.74 Å². The Labute approximate surface area is 151 Å². The van der Waals surface area contributed by atoms with E-state index in [0.29, 0.717) is 17.0 Å². The van der Waals surface area contributed by atoms with Crippen molar-refractivity contribution in [3.63, 3.8) is 0 Å². The molecule has 1 fully saturated rings. The van der Waals surface area contributed by atoms with Crippen molar-refractivity contribution in [2.24, 2.45) is 0 Å². The molecule has 2 rings (SSSR count). The Hall–Kier alpha value is -3.10. The summed E-state index contributed by atoms with van der Waals surface area (Å²) in [5, 5.41) is 5.77. The molecule has 9 heteroatoms. The normalized spacial score (nSPS) is 19.1. The third kappa shape index (κ3) is 4.29. The third-order valence-corrected chi connectivity index (χ3v) is 3.90. The van der Waals surface area contributed by atoms with Crippen molar-refractivity contribution in [2.75, 3.05) is 13.2 Å². The minimum Gasteiger partial charge on any atom is -0.450 e. The molecule has 1 aromatic carbocycles. The molecule has 0 aliphatic carbocycles. The standard InChI is InChI=1S/C17H22N4O5/c1-3-26-16(25)18-11-7-10-13(22)20-21-14(23)17(2,19-15(21)24)12-8-5-4-6-9-12/h4-6,8-9H,3,7,10-11H2,1-2H3,(H,18,25)(H,19,24)(H,20,22). The van der Waals surface area contributed by atoms with Crippen LogP contribution in [0.5, 0.6) is 0 Å². The van der Waals surface area contributed by atoms with Crippen LogP contribution in [0.2, 0.25) is 0 Å². The average molecular weight is 362 g/mol. The molecular weight excluding hydrogens is 340 g/mol. The molecule has 5 amide bonds. The molecule has 1 atom stereocenters. The van der Waals surface area contributed by atoms with Crippen LogP contribution in [0, 0.1) is 0 Å². The molecule has 26 heavy (non-hydrogen) atoms. The number of amides is 5. The average Bonchev–Trinajstić information content (AvgIpc) is 2.84. The minimum absolute atomic E-state index is 0.0333. The van der Waals surface area contributed by atoms with Gasteiger partial charge in [-0.25, -0.2) is 9.59 Å². The molecule has 0 bridgehead atoms. The Bertz CT molecular complexity index is 694. The zero-order valence-electron chi connectivity index (χ0n) is 14.7. The van der Waals surface area contributed by atoms with E-state index in [-0.39, 0.29) is 19.6 Å². The zero-order valence-corrected chi connectivity index (χ0v) is 14.7. The summed E-state index contributed by atoms with van der Waals surface area (Å²) in [5.41, 5.74) is 1.69. The maximum absolute atomic E-state index is 12.6. The van der Waals surface area contributed by atoms with Crippen LogP contribution < -0.4 is 16.1 Å². The first-order chi connectivity index (χ1) is 12.4. The van der Waals surface area contributed by atoms with Crippen LogP contribution in [-0.4, -0.2) is 42.1 Å². The lowest BCUT2D eigenvalue weighted by atomic mass is 9.92. The number of imide groups is 1. The number of hydrogen-bond acceptors (Lipinski definition) is 5. The summed E-state index contributed by atoms with van der Waals surface area (Å²) in [4.78, 5) is 47.8. The summed E-state index contributed by atoms with van der Waals surface area (Å²) < 4.78 is 4.69. The fourth-order valence-electron chi connectivity index (χ4n) is 2.51. The molecule has 0 aromatic heterocycles. The second-order valence-electron chi connectivity index (χ2n) is 5.85. The van der Waals surface area contributed by atoms with Gasteiger partial charge in [0.2, 0.25) is 5.91 Å². The van der Waals surface area contributed by atoms with Gasteiger partial charge in [-0.05, 0) is 25.8 Å². The Balaban J connectivity index is 1.87. The number of benzene rings is 1. The van der Waals surface area contributed by atoms with E-state index in [1.54, 1.807) is 44.2 Å². The lowest BCUT2D eigenvalue weighted by molar-refractivity contribution is -0.139. The van der Waals surface area contributed by atoms with E-state index in [0.717, 1.165) is 0 Å². The van der Waals surface area contributed by atoms with Crippen LogP contribution in [0.15, 0.2) is 30.3 Å². The third-order valence-electron chi connectivity index (χ3n) is 3.90. The van der Waals surface area contributed by atoms with Crippen molar-refractivity contribution in [1.29, 1.82) is 0 Å². The van der Waals surface area contributed by atoms with Gasteiger partial charge < -0.3 is 15.4 Å². The smallest absolute Gasteiger partial charge is 0.407 e. The fraction of sp³-hybridized carbons (Fsp3) is 0.412. The van der Waals surface area contributed by atoms with Gasteiger partial charge in [-0.15, -0.1) is 0 Å². The van der Waals surface area contributed by atoms with E-state index in [1.165, 1.54) is 0 Å². The summed E-state index contributed by atoms with van der Waals surface area (Å²) in [6, 6.07) is 8.09. The van der Waals surface area contributed by atoms with Crippen LogP contribution >= 0.6 is 0 Å². The van der Waals surface area contributed by atoms with E-state index >= 15 is 0 Å². The van der Waals surface area contributed by atoms with Crippen LogP contribution in [0.4, 0.5) is 9.59 Å². The second-order valence-corrected chi connectivity index (χ2v) is 5.85. The first-order valence-electron chi connectivity index (χ1n) is 8.31. The predicted molar refractivity (Wildman–Crippen MR) is 91.6 cm³/mol. The molecule has 0 saturated carbocycles. The number of nitrogens with one attached hydrogen (secondary N) is 3. The Morgan fingerprint density at radius 1 is 1.23 bits per heavy atom. The van der Waals surface area contributed by atoms with E-state index in [2.05, 4.69) is 16.1 Å². The van der Waals surface area contributed by atoms with Gasteiger partial charge in [0, 0.05) is 13.0 Å². The molecule has 1 aromatic rings. The highest BCUT2D eigenvalue weighted by Gasteiger charge is 2.49. The van der Waals surface area contributed by atoms with E-state index in [1.807, 2.05) is 0 Å². The monoisotopic (exact) mass is 362 g/mol. The van der Waals surface area contributed by atoms with Crippen molar-refractivity contribution < 1.29 is 23.9 Å². The maximum Gasteiger partial charge on any atom is 0.407 e. The molecule has 1 heterocycles. The van der Waals surface area contributed by atoms with Crippen LogP contribution in [0.1, 0.15) is 32.3 Å². The summed E-state index contributed by atoms with van der Waals surface area (Å²) in [6.45, 7) is 3.78. The van der Waals surface area contributed by atoms with Gasteiger partial charge >= 0.3 is 12.1 Å². The molecule has 1 aliphatic heterocycles. The van der Waals surface area contributed by atoms with Gasteiger partial charge in [0.05, 0.1) is 6.61 Å². The molecule has 0 radical (unpaired) electrons. The quantitative estimate of drug-likeness (QED) is 0.494. The molecule has 3 N–H and O–H groups in total. The van der Waals surface area contributed by atoms with Gasteiger partial charge in [0.1, 0.15) is 5.54 Å². The first kappa shape index (κ1) is 19.2. The number of hydrogen-bond donors (Lipinski definition) is 3. The first-order valence-corrected chi connectivity index (χ1v) is 8.31. The molecule has 1 aliphatic rings. The minimum atomic E-state index is -1.24. The van der Waals surface area contributed by atoms with Crippen molar-refractivity contribution in [2.45, 2.75) is 32.2 Å². The van der Waals surface area contributed by atoms with Gasteiger partial charge in [0.25, 0.3) is 5.91 Å². The van der Waals surface area contributed by atoms with Crippen molar-refractivity contribution in [3.8, 4) is 0 Å². The summed E-state index contributed by atoms with van der Waals surface area (Å²) in [6.07, 6.45) is -0.184. The lowest BCUT2D eigenvalue weighted by Gasteiger charge is -2.22. The van der Waals surface area contributed by atoms with Crippen LogP contribution in [-0.2, 0) is 19.9 Å². The number of carbonyl (C=O) groups is 4. The molecule has 140 valence electrons. The number of hydrazine groups is 1. The predicted octanol–water partition coefficient (Wildman–Crippen LogP) is 1.01. The highest BCUT2D eigenvalue weighted by molar-refractivity contribution is 6.08. The highest BCUT2D eigenvalue weighted by atomic mass is 16.5. The van der Waals surface area contributed by atoms with Crippen LogP contribution in [0.3, 0.4) is 0 Å². The zero-order chi connectivity index (χ0) is 19.2. The summed E-state index contributed by atoms with van der Waals surface area (Å²) >= 11 is 0. The van der Waals surface area contributed by atoms with Gasteiger partial charge in [0.15, 0.2) is 0 Å². The summed E-state index contributed by atoms with van der Waals surface area (Å²) in [5.74, 6) is -1.07. The number of carbonyl (C=O) groups excluding carboxylic acids is 4. The largest absolute Gasteiger partial charge is 0.450 e. The Morgan fingerprint density at radius 2 is 1.92 bits per heavy atom. The van der Waals surface area contributed by atoms with E-state index < -0.39 is 29.5 Å². The number of ether oxygens (including phenoxy) is 1. The number of urea groups is 1. The summed E-state index contributed by atoms with van der Waals surface area (Å²) in [7, 11) is 0. The Morgan fingerprint density at radius 3 is 2.58 bits per heavy atom. The molecule has 1 unspecified atom stereocenters. The topological polar surface area (TPSA) is 117 Å². The van der Waals surface area contributed by atoms with E-state index in [9.17, 15) is 19.2 Å². The molecular formula is C17H22N4O5. The fourth-order valence-corrected chi connectivity index (χ4v) is 2.51. The molecule has 9 nitrogen and oxygen atoms in total. The SMILES string of the molecule is CCOC(=O)NCCCC(=O)NN1C(=O)NC(C)(c2ccccc2)C1=O. The number of rotatable bonds is 7. The highest BCUT2D eigenvalue weighted by Crippen LogP contribution is 2.27. The number of nitrogens with zero attached hydrogens (tertiary/aromatic N) is 1. The van der Waals surface area contributed by atoms with Crippen molar-refractivity contribution in [1.82, 2.24) is 21.1 Å². The van der Waals surface area contributed by atoms with Gasteiger partial charge in [-0.3, -0.25) is 15.0 Å². The van der Waals surface area contributed by atoms with Crippen molar-refractivity contribution in [3.05, 3.63) is 35.9 Å².